The third kappa shape index (κ3) is 3.97. The van der Waals surface area contributed by atoms with Crippen molar-refractivity contribution in [2.24, 2.45) is 22.7 Å². The van der Waals surface area contributed by atoms with Crippen LogP contribution in [0.3, 0.4) is 0 Å². The minimum Gasteiger partial charge on any atom is -0.508 e. The SMILES string of the molecule is C=CC12CCc3cc(O)ccc3[C@H]1[C@@H](CCCCCC[C@H](C)O)C[C@]1(C)[C@@H](O)CC[C@@H]21. The van der Waals surface area contributed by atoms with E-state index in [1.165, 1.54) is 36.8 Å². The van der Waals surface area contributed by atoms with Crippen molar-refractivity contribution in [2.45, 2.75) is 103 Å². The minimum absolute atomic E-state index is 0.0178. The van der Waals surface area contributed by atoms with Gasteiger partial charge in [-0.15, -0.1) is 6.58 Å². The fraction of sp³-hybridized carbons (Fsp3) is 0.714. The Morgan fingerprint density at radius 3 is 2.71 bits per heavy atom. The Kier molecular flexibility index (Phi) is 6.57. The lowest BCUT2D eigenvalue weighted by Gasteiger charge is -2.60. The van der Waals surface area contributed by atoms with Crippen molar-refractivity contribution in [1.29, 1.82) is 0 Å². The number of benzene rings is 1. The Hall–Kier alpha value is -1.32. The molecule has 0 heterocycles. The van der Waals surface area contributed by atoms with Gasteiger partial charge >= 0.3 is 0 Å². The van der Waals surface area contributed by atoms with Crippen molar-refractivity contribution in [3.63, 3.8) is 0 Å². The molecule has 3 heteroatoms. The fourth-order valence-corrected chi connectivity index (χ4v) is 7.89. The number of aromatic hydroxyl groups is 1. The second-order valence-corrected chi connectivity index (χ2v) is 11.1. The van der Waals surface area contributed by atoms with Crippen LogP contribution >= 0.6 is 0 Å². The maximum Gasteiger partial charge on any atom is 0.115 e. The zero-order valence-electron chi connectivity index (χ0n) is 19.5. The molecular weight excluding hydrogens is 384 g/mol. The van der Waals surface area contributed by atoms with Gasteiger partial charge in [-0.25, -0.2) is 0 Å². The molecule has 0 spiro atoms. The van der Waals surface area contributed by atoms with Crippen LogP contribution < -0.4 is 0 Å². The van der Waals surface area contributed by atoms with Crippen molar-refractivity contribution in [2.75, 3.05) is 0 Å². The molecule has 0 aromatic heterocycles. The van der Waals surface area contributed by atoms with Crippen LogP contribution in [0.2, 0.25) is 0 Å². The van der Waals surface area contributed by atoms with Crippen LogP contribution in [0, 0.1) is 22.7 Å². The molecule has 3 nitrogen and oxygen atoms in total. The van der Waals surface area contributed by atoms with E-state index in [1.54, 1.807) is 0 Å². The first-order chi connectivity index (χ1) is 14.8. The van der Waals surface area contributed by atoms with Gasteiger partial charge in [0.1, 0.15) is 5.75 Å². The molecule has 172 valence electrons. The molecule has 1 aromatic rings. The predicted molar refractivity (Wildman–Crippen MR) is 126 cm³/mol. The average Bonchev–Trinajstić information content (AvgIpc) is 3.04. The number of phenolic OH excluding ortho intramolecular Hbond substituents is 1. The van der Waals surface area contributed by atoms with Gasteiger partial charge in [0.05, 0.1) is 12.2 Å². The summed E-state index contributed by atoms with van der Waals surface area (Å²) >= 11 is 0. The lowest BCUT2D eigenvalue weighted by molar-refractivity contribution is -0.0812. The first kappa shape index (κ1) is 22.9. The van der Waals surface area contributed by atoms with Crippen molar-refractivity contribution < 1.29 is 15.3 Å². The quantitative estimate of drug-likeness (QED) is 0.347. The highest BCUT2D eigenvalue weighted by atomic mass is 16.3. The van der Waals surface area contributed by atoms with Gasteiger partial charge in [0.15, 0.2) is 0 Å². The topological polar surface area (TPSA) is 60.7 Å². The molecule has 7 atom stereocenters. The average molecular weight is 427 g/mol. The first-order valence-corrected chi connectivity index (χ1v) is 12.6. The molecule has 1 unspecified atom stereocenters. The van der Waals surface area contributed by atoms with Gasteiger partial charge in [-0.05, 0) is 104 Å². The third-order valence-corrected chi connectivity index (χ3v) is 9.30. The van der Waals surface area contributed by atoms with Gasteiger partial charge in [0.25, 0.3) is 0 Å². The Bertz CT molecular complexity index is 786. The van der Waals surface area contributed by atoms with Crippen LogP contribution in [0.4, 0.5) is 0 Å². The van der Waals surface area contributed by atoms with E-state index >= 15 is 0 Å². The van der Waals surface area contributed by atoms with Gasteiger partial charge in [-0.3, -0.25) is 0 Å². The summed E-state index contributed by atoms with van der Waals surface area (Å²) in [6, 6.07) is 6.02. The molecule has 3 aliphatic carbocycles. The smallest absolute Gasteiger partial charge is 0.115 e. The summed E-state index contributed by atoms with van der Waals surface area (Å²) in [5, 5.41) is 30.6. The Morgan fingerprint density at radius 2 is 1.97 bits per heavy atom. The lowest BCUT2D eigenvalue weighted by Crippen LogP contribution is -2.54. The van der Waals surface area contributed by atoms with E-state index < -0.39 is 0 Å². The number of rotatable bonds is 8. The predicted octanol–water partition coefficient (Wildman–Crippen LogP) is 6.11. The number of allylic oxidation sites excluding steroid dienone is 1. The Balaban J connectivity index is 1.61. The van der Waals surface area contributed by atoms with Gasteiger partial charge < -0.3 is 15.3 Å². The van der Waals surface area contributed by atoms with Gasteiger partial charge in [0.2, 0.25) is 0 Å². The van der Waals surface area contributed by atoms with Gasteiger partial charge in [0, 0.05) is 0 Å². The Morgan fingerprint density at radius 1 is 1.19 bits per heavy atom. The summed E-state index contributed by atoms with van der Waals surface area (Å²) in [4.78, 5) is 0. The van der Waals surface area contributed by atoms with Gasteiger partial charge in [-0.1, -0.05) is 44.7 Å². The van der Waals surface area contributed by atoms with Crippen LogP contribution in [0.25, 0.3) is 0 Å². The molecule has 3 aliphatic rings. The summed E-state index contributed by atoms with van der Waals surface area (Å²) in [7, 11) is 0. The van der Waals surface area contributed by atoms with Gasteiger partial charge in [-0.2, -0.15) is 0 Å². The van der Waals surface area contributed by atoms with E-state index in [2.05, 4.69) is 25.6 Å². The second kappa shape index (κ2) is 8.90. The summed E-state index contributed by atoms with van der Waals surface area (Å²) in [5.41, 5.74) is 2.76. The van der Waals surface area contributed by atoms with E-state index in [4.69, 9.17) is 0 Å². The highest BCUT2D eigenvalue weighted by Crippen LogP contribution is 2.69. The first-order valence-electron chi connectivity index (χ1n) is 12.6. The highest BCUT2D eigenvalue weighted by molar-refractivity contribution is 5.43. The van der Waals surface area contributed by atoms with E-state index in [9.17, 15) is 15.3 Å². The molecule has 2 fully saturated rings. The number of hydrogen-bond donors (Lipinski definition) is 3. The highest BCUT2D eigenvalue weighted by Gasteiger charge is 2.63. The van der Waals surface area contributed by atoms with Crippen molar-refractivity contribution in [3.05, 3.63) is 42.0 Å². The molecule has 4 rings (SSSR count). The maximum atomic E-state index is 11.0. The van der Waals surface area contributed by atoms with Crippen LogP contribution in [0.1, 0.15) is 95.1 Å². The molecular formula is C28H42O3. The number of aryl methyl sites for hydroxylation is 1. The standard InChI is InChI=1S/C28H42O3/c1-4-28-16-15-20-17-22(30)11-12-23(20)26(28)21(10-8-6-5-7-9-19(2)29)18-27(3)24(28)13-14-25(27)31/h4,11-12,17,19,21,24-26,29-31H,1,5-10,13-16,18H2,2-3H3/t19-,21-,24+,25-,26+,27-,28?/m0/s1. The lowest BCUT2D eigenvalue weighted by atomic mass is 9.44. The number of fused-ring (bicyclic) bond motifs is 5. The largest absolute Gasteiger partial charge is 0.508 e. The van der Waals surface area contributed by atoms with Crippen molar-refractivity contribution in [1.82, 2.24) is 0 Å². The summed E-state index contributed by atoms with van der Waals surface area (Å²) in [6.07, 6.45) is 13.8. The molecule has 0 amide bonds. The number of unbranched alkanes of at least 4 members (excludes halogenated alkanes) is 3. The molecule has 0 radical (unpaired) electrons. The number of phenols is 1. The number of aliphatic hydroxyl groups is 2. The third-order valence-electron chi connectivity index (χ3n) is 9.30. The van der Waals surface area contributed by atoms with E-state index in [-0.39, 0.29) is 23.0 Å². The van der Waals surface area contributed by atoms with E-state index in [1.807, 2.05) is 19.1 Å². The maximum absolute atomic E-state index is 11.0. The van der Waals surface area contributed by atoms with Crippen molar-refractivity contribution >= 4 is 0 Å². The van der Waals surface area contributed by atoms with Crippen LogP contribution in [-0.2, 0) is 6.42 Å². The normalized spacial score (nSPS) is 37.5. The molecule has 3 N–H and O–H groups in total. The molecule has 0 aliphatic heterocycles. The molecule has 1 aromatic carbocycles. The minimum atomic E-state index is -0.204. The second-order valence-electron chi connectivity index (χ2n) is 11.1. The van der Waals surface area contributed by atoms with E-state index in [0.29, 0.717) is 23.5 Å². The molecule has 0 saturated heterocycles. The molecule has 0 bridgehead atoms. The molecule has 31 heavy (non-hydrogen) atoms. The summed E-state index contributed by atoms with van der Waals surface area (Å²) < 4.78 is 0. The fourth-order valence-electron chi connectivity index (χ4n) is 7.89. The Labute approximate surface area is 188 Å². The van der Waals surface area contributed by atoms with E-state index in [0.717, 1.165) is 44.9 Å². The monoisotopic (exact) mass is 426 g/mol. The van der Waals surface area contributed by atoms with Crippen LogP contribution in [0.5, 0.6) is 5.75 Å². The molecule has 2 saturated carbocycles. The number of hydrogen-bond acceptors (Lipinski definition) is 3. The summed E-state index contributed by atoms with van der Waals surface area (Å²) in [6.45, 7) is 8.60. The summed E-state index contributed by atoms with van der Waals surface area (Å²) in [5.74, 6) is 1.83. The van der Waals surface area contributed by atoms with Crippen LogP contribution in [-0.4, -0.2) is 27.5 Å². The zero-order valence-corrected chi connectivity index (χ0v) is 19.5. The van der Waals surface area contributed by atoms with Crippen molar-refractivity contribution in [3.8, 4) is 5.75 Å². The van der Waals surface area contributed by atoms with Crippen LogP contribution in [0.15, 0.2) is 30.9 Å². The zero-order chi connectivity index (χ0) is 22.2. The number of aliphatic hydroxyl groups excluding tert-OH is 2.